The molecule has 0 fully saturated rings. The summed E-state index contributed by atoms with van der Waals surface area (Å²) >= 11 is 4.01. The SMILES string of the molecule is CC1=C/C(=C(\N)S)C(=N)N=C1c1ccccc1F. The Balaban J connectivity index is 2.54. The van der Waals surface area contributed by atoms with Gasteiger partial charge in [-0.2, -0.15) is 0 Å². The van der Waals surface area contributed by atoms with E-state index < -0.39 is 0 Å². The van der Waals surface area contributed by atoms with Gasteiger partial charge in [-0.3, -0.25) is 5.41 Å². The van der Waals surface area contributed by atoms with Gasteiger partial charge in [0, 0.05) is 11.1 Å². The molecule has 0 aromatic heterocycles. The van der Waals surface area contributed by atoms with Crippen LogP contribution >= 0.6 is 12.6 Å². The van der Waals surface area contributed by atoms with Crippen molar-refractivity contribution in [3.8, 4) is 0 Å². The number of aliphatic imine (C=N–C) groups is 1. The second kappa shape index (κ2) is 4.78. The van der Waals surface area contributed by atoms with E-state index in [2.05, 4.69) is 17.6 Å². The predicted octanol–water partition coefficient (Wildman–Crippen LogP) is 2.65. The molecule has 18 heavy (non-hydrogen) atoms. The number of nitrogens with one attached hydrogen (secondary N) is 1. The van der Waals surface area contributed by atoms with Crippen molar-refractivity contribution in [2.45, 2.75) is 6.92 Å². The van der Waals surface area contributed by atoms with Gasteiger partial charge in [-0.25, -0.2) is 9.38 Å². The molecule has 1 heterocycles. The highest BCUT2D eigenvalue weighted by Gasteiger charge is 2.19. The molecule has 3 N–H and O–H groups in total. The van der Waals surface area contributed by atoms with Gasteiger partial charge in [0.1, 0.15) is 5.82 Å². The lowest BCUT2D eigenvalue weighted by Gasteiger charge is -2.15. The van der Waals surface area contributed by atoms with Gasteiger partial charge in [0.15, 0.2) is 5.84 Å². The maximum absolute atomic E-state index is 13.7. The maximum atomic E-state index is 13.7. The highest BCUT2D eigenvalue weighted by Crippen LogP contribution is 2.22. The zero-order chi connectivity index (χ0) is 13.3. The summed E-state index contributed by atoms with van der Waals surface area (Å²) in [5.41, 5.74) is 7.59. The van der Waals surface area contributed by atoms with Gasteiger partial charge in [-0.05, 0) is 30.7 Å². The summed E-state index contributed by atoms with van der Waals surface area (Å²) in [5, 5.41) is 8.01. The molecule has 3 nitrogen and oxygen atoms in total. The van der Waals surface area contributed by atoms with Crippen LogP contribution in [0.5, 0.6) is 0 Å². The van der Waals surface area contributed by atoms with Crippen LogP contribution in [0.3, 0.4) is 0 Å². The van der Waals surface area contributed by atoms with Gasteiger partial charge in [-0.15, -0.1) is 12.6 Å². The number of nitrogens with zero attached hydrogens (tertiary/aromatic N) is 1. The van der Waals surface area contributed by atoms with Crippen LogP contribution in [0.1, 0.15) is 12.5 Å². The molecule has 5 heteroatoms. The largest absolute Gasteiger partial charge is 0.393 e. The van der Waals surface area contributed by atoms with Gasteiger partial charge in [-0.1, -0.05) is 12.1 Å². The van der Waals surface area contributed by atoms with E-state index in [0.717, 1.165) is 5.57 Å². The minimum atomic E-state index is -0.358. The monoisotopic (exact) mass is 261 g/mol. The summed E-state index contributed by atoms with van der Waals surface area (Å²) in [6.45, 7) is 1.80. The second-order valence-corrected chi connectivity index (χ2v) is 4.40. The molecule has 1 aromatic rings. The number of benzene rings is 1. The van der Waals surface area contributed by atoms with E-state index >= 15 is 0 Å². The molecule has 1 aliphatic heterocycles. The smallest absolute Gasteiger partial charge is 0.155 e. The van der Waals surface area contributed by atoms with Gasteiger partial charge < -0.3 is 5.73 Å². The number of hydrogen-bond acceptors (Lipinski definition) is 3. The van der Waals surface area contributed by atoms with E-state index in [9.17, 15) is 4.39 Å². The number of rotatable bonds is 1. The molecule has 1 aromatic carbocycles. The van der Waals surface area contributed by atoms with Crippen LogP contribution in [0.25, 0.3) is 0 Å². The highest BCUT2D eigenvalue weighted by molar-refractivity contribution is 7.84. The lowest BCUT2D eigenvalue weighted by molar-refractivity contribution is 0.625. The molecule has 0 aliphatic carbocycles. The highest BCUT2D eigenvalue weighted by atomic mass is 32.1. The molecule has 2 rings (SSSR count). The number of hydrogen-bond donors (Lipinski definition) is 3. The number of halogens is 1. The van der Waals surface area contributed by atoms with Gasteiger partial charge in [0.05, 0.1) is 10.7 Å². The van der Waals surface area contributed by atoms with E-state index in [1.54, 1.807) is 31.2 Å². The molecular weight excluding hydrogens is 249 g/mol. The molecule has 1 aliphatic rings. The van der Waals surface area contributed by atoms with Crippen molar-refractivity contribution in [2.24, 2.45) is 10.7 Å². The molecule has 0 atom stereocenters. The minimum absolute atomic E-state index is 0.00801. The minimum Gasteiger partial charge on any atom is -0.393 e. The third kappa shape index (κ3) is 2.22. The van der Waals surface area contributed by atoms with E-state index in [4.69, 9.17) is 11.1 Å². The first-order valence-corrected chi connectivity index (χ1v) is 5.75. The van der Waals surface area contributed by atoms with Gasteiger partial charge >= 0.3 is 0 Å². The Kier molecular flexibility index (Phi) is 3.34. The third-order valence-electron chi connectivity index (χ3n) is 2.62. The van der Waals surface area contributed by atoms with Crippen LogP contribution < -0.4 is 5.73 Å². The summed E-state index contributed by atoms with van der Waals surface area (Å²) in [6.07, 6.45) is 1.69. The van der Waals surface area contributed by atoms with Crippen molar-refractivity contribution in [1.82, 2.24) is 0 Å². The Morgan fingerprint density at radius 2 is 2.06 bits per heavy atom. The van der Waals surface area contributed by atoms with Crippen molar-refractivity contribution in [3.63, 3.8) is 0 Å². The first-order valence-electron chi connectivity index (χ1n) is 5.30. The van der Waals surface area contributed by atoms with Crippen molar-refractivity contribution >= 4 is 24.2 Å². The van der Waals surface area contributed by atoms with Crippen molar-refractivity contribution < 1.29 is 4.39 Å². The standard InChI is InChI=1S/C13H12FN3S/c1-7-6-9(13(16)18)12(15)17-11(7)8-4-2-3-5-10(8)14/h2-6,15,18H,16H2,1H3/b13-9-,15-12?. The fourth-order valence-electron chi connectivity index (χ4n) is 1.73. The van der Waals surface area contributed by atoms with Crippen LogP contribution in [-0.4, -0.2) is 11.5 Å². The van der Waals surface area contributed by atoms with Crippen LogP contribution in [0.4, 0.5) is 4.39 Å². The lowest BCUT2D eigenvalue weighted by atomic mass is 9.98. The van der Waals surface area contributed by atoms with Crippen LogP contribution in [0, 0.1) is 11.2 Å². The summed E-state index contributed by atoms with van der Waals surface area (Å²) in [5.74, 6) is -0.366. The van der Waals surface area contributed by atoms with E-state index in [0.29, 0.717) is 16.8 Å². The fraction of sp³-hybridized carbons (Fsp3) is 0.0769. The van der Waals surface area contributed by atoms with E-state index in [-0.39, 0.29) is 16.7 Å². The van der Waals surface area contributed by atoms with Crippen molar-refractivity contribution in [1.29, 1.82) is 5.41 Å². The number of dihydropyridines is 1. The average Bonchev–Trinajstić information content (AvgIpc) is 2.32. The van der Waals surface area contributed by atoms with E-state index in [1.165, 1.54) is 6.07 Å². The van der Waals surface area contributed by atoms with E-state index in [1.807, 2.05) is 0 Å². The molecule has 0 spiro atoms. The lowest BCUT2D eigenvalue weighted by Crippen LogP contribution is -2.16. The Bertz CT molecular complexity index is 610. The zero-order valence-corrected chi connectivity index (χ0v) is 10.6. The number of thiol groups is 1. The number of amidine groups is 1. The Morgan fingerprint density at radius 1 is 1.39 bits per heavy atom. The van der Waals surface area contributed by atoms with Gasteiger partial charge in [0.2, 0.25) is 0 Å². The summed E-state index contributed by atoms with van der Waals surface area (Å²) in [7, 11) is 0. The summed E-state index contributed by atoms with van der Waals surface area (Å²) in [6, 6.07) is 6.35. The molecule has 0 saturated carbocycles. The molecular formula is C13H12FN3S. The second-order valence-electron chi connectivity index (χ2n) is 3.92. The topological polar surface area (TPSA) is 62.2 Å². The molecule has 0 unspecified atom stereocenters. The summed E-state index contributed by atoms with van der Waals surface area (Å²) in [4.78, 5) is 4.10. The average molecular weight is 261 g/mol. The molecule has 0 radical (unpaired) electrons. The summed E-state index contributed by atoms with van der Waals surface area (Å²) < 4.78 is 13.7. The maximum Gasteiger partial charge on any atom is 0.155 e. The zero-order valence-electron chi connectivity index (χ0n) is 9.74. The first-order chi connectivity index (χ1) is 8.50. The van der Waals surface area contributed by atoms with Crippen molar-refractivity contribution in [2.75, 3.05) is 0 Å². The fourth-order valence-corrected chi connectivity index (χ4v) is 1.91. The Morgan fingerprint density at radius 3 is 2.67 bits per heavy atom. The van der Waals surface area contributed by atoms with Crippen LogP contribution in [-0.2, 0) is 0 Å². The third-order valence-corrected chi connectivity index (χ3v) is 2.86. The molecule has 0 saturated heterocycles. The van der Waals surface area contributed by atoms with Gasteiger partial charge in [0.25, 0.3) is 0 Å². The quantitative estimate of drug-likeness (QED) is 0.669. The predicted molar refractivity (Wildman–Crippen MR) is 74.6 cm³/mol. The molecule has 92 valence electrons. The van der Waals surface area contributed by atoms with Crippen molar-refractivity contribution in [3.05, 3.63) is 57.9 Å². The van der Waals surface area contributed by atoms with Crippen LogP contribution in [0.15, 0.2) is 51.5 Å². The normalized spacial score (nSPS) is 18.3. The Labute approximate surface area is 110 Å². The number of nitrogens with two attached hydrogens (primary N) is 1. The first kappa shape index (κ1) is 12.6. The molecule has 0 amide bonds. The molecule has 0 bridgehead atoms. The Hall–Kier alpha value is -1.88. The van der Waals surface area contributed by atoms with Crippen LogP contribution in [0.2, 0.25) is 0 Å². The number of allylic oxidation sites excluding steroid dienone is 1.